The minimum absolute atomic E-state index is 0.0112. The number of piperidine rings is 1. The maximum atomic E-state index is 13.0. The van der Waals surface area contributed by atoms with Gasteiger partial charge in [0.1, 0.15) is 5.69 Å². The van der Waals surface area contributed by atoms with Gasteiger partial charge in [-0.2, -0.15) is 0 Å². The molecule has 1 saturated heterocycles. The number of carbonyl (C=O) groups is 2. The summed E-state index contributed by atoms with van der Waals surface area (Å²) in [5.41, 5.74) is 2.34. The SMILES string of the molecule is CC(=O)NCCc1csc([C@@H]2CCCN(C(=O)c3ccc4ccccc4n3)C2)n1. The first-order valence-electron chi connectivity index (χ1n) is 9.94. The van der Waals surface area contributed by atoms with Crippen molar-refractivity contribution in [3.63, 3.8) is 0 Å². The van der Waals surface area contributed by atoms with Gasteiger partial charge in [0.15, 0.2) is 0 Å². The average Bonchev–Trinajstić information content (AvgIpc) is 3.21. The molecule has 6 nitrogen and oxygen atoms in total. The van der Waals surface area contributed by atoms with Gasteiger partial charge < -0.3 is 10.2 Å². The number of likely N-dealkylation sites (tertiary alicyclic amines) is 1. The van der Waals surface area contributed by atoms with Gasteiger partial charge in [-0.25, -0.2) is 9.97 Å². The lowest BCUT2D eigenvalue weighted by Crippen LogP contribution is -2.39. The van der Waals surface area contributed by atoms with Crippen molar-refractivity contribution in [3.8, 4) is 0 Å². The molecule has 29 heavy (non-hydrogen) atoms. The minimum Gasteiger partial charge on any atom is -0.356 e. The van der Waals surface area contributed by atoms with Crippen LogP contribution in [0.1, 0.15) is 46.9 Å². The summed E-state index contributed by atoms with van der Waals surface area (Å²) in [6.07, 6.45) is 2.73. The Labute approximate surface area is 174 Å². The van der Waals surface area contributed by atoms with Crippen LogP contribution in [0.25, 0.3) is 10.9 Å². The van der Waals surface area contributed by atoms with Gasteiger partial charge in [0, 0.05) is 49.7 Å². The van der Waals surface area contributed by atoms with E-state index in [4.69, 9.17) is 4.98 Å². The molecule has 7 heteroatoms. The Morgan fingerprint density at radius 3 is 2.93 bits per heavy atom. The van der Waals surface area contributed by atoms with Crippen LogP contribution in [0.4, 0.5) is 0 Å². The summed E-state index contributed by atoms with van der Waals surface area (Å²) in [4.78, 5) is 35.3. The normalized spacial score (nSPS) is 16.7. The van der Waals surface area contributed by atoms with Crippen LogP contribution < -0.4 is 5.32 Å². The number of para-hydroxylation sites is 1. The first-order valence-corrected chi connectivity index (χ1v) is 10.8. The molecule has 1 aliphatic heterocycles. The monoisotopic (exact) mass is 408 g/mol. The number of carbonyl (C=O) groups excluding carboxylic acids is 2. The Morgan fingerprint density at radius 1 is 1.21 bits per heavy atom. The lowest BCUT2D eigenvalue weighted by atomic mass is 9.98. The number of nitrogens with one attached hydrogen (secondary N) is 1. The molecule has 0 unspecified atom stereocenters. The minimum atomic E-state index is -0.0239. The second-order valence-electron chi connectivity index (χ2n) is 7.39. The average molecular weight is 409 g/mol. The van der Waals surface area contributed by atoms with E-state index in [9.17, 15) is 9.59 Å². The Balaban J connectivity index is 1.43. The van der Waals surface area contributed by atoms with E-state index in [1.807, 2.05) is 41.3 Å². The summed E-state index contributed by atoms with van der Waals surface area (Å²) in [5, 5.41) is 6.97. The fourth-order valence-corrected chi connectivity index (χ4v) is 4.68. The van der Waals surface area contributed by atoms with Crippen LogP contribution in [0, 0.1) is 0 Å². The Kier molecular flexibility index (Phi) is 5.85. The van der Waals surface area contributed by atoms with Gasteiger partial charge in [0.25, 0.3) is 5.91 Å². The Morgan fingerprint density at radius 2 is 2.07 bits per heavy atom. The quantitative estimate of drug-likeness (QED) is 0.702. The van der Waals surface area contributed by atoms with Gasteiger partial charge in [0.2, 0.25) is 5.91 Å². The molecule has 0 spiro atoms. The molecular formula is C22H24N4O2S. The van der Waals surface area contributed by atoms with E-state index < -0.39 is 0 Å². The van der Waals surface area contributed by atoms with Gasteiger partial charge in [-0.05, 0) is 25.0 Å². The van der Waals surface area contributed by atoms with Crippen molar-refractivity contribution in [1.82, 2.24) is 20.2 Å². The van der Waals surface area contributed by atoms with Crippen molar-refractivity contribution < 1.29 is 9.59 Å². The predicted molar refractivity (Wildman–Crippen MR) is 114 cm³/mol. The summed E-state index contributed by atoms with van der Waals surface area (Å²) >= 11 is 1.65. The highest BCUT2D eigenvalue weighted by molar-refractivity contribution is 7.09. The molecule has 0 radical (unpaired) electrons. The largest absolute Gasteiger partial charge is 0.356 e. The summed E-state index contributed by atoms with van der Waals surface area (Å²) < 4.78 is 0. The van der Waals surface area contributed by atoms with E-state index in [-0.39, 0.29) is 17.7 Å². The van der Waals surface area contributed by atoms with Crippen molar-refractivity contribution in [2.45, 2.75) is 32.1 Å². The van der Waals surface area contributed by atoms with Crippen LogP contribution in [-0.2, 0) is 11.2 Å². The number of fused-ring (bicyclic) bond motifs is 1. The van der Waals surface area contributed by atoms with Crippen LogP contribution >= 0.6 is 11.3 Å². The van der Waals surface area contributed by atoms with Crippen molar-refractivity contribution in [2.75, 3.05) is 19.6 Å². The third-order valence-electron chi connectivity index (χ3n) is 5.20. The summed E-state index contributed by atoms with van der Waals surface area (Å²) in [7, 11) is 0. The number of thiazole rings is 1. The molecule has 150 valence electrons. The number of aromatic nitrogens is 2. The lowest BCUT2D eigenvalue weighted by molar-refractivity contribution is -0.118. The van der Waals surface area contributed by atoms with Gasteiger partial charge >= 0.3 is 0 Å². The van der Waals surface area contributed by atoms with Crippen LogP contribution in [0.2, 0.25) is 0 Å². The van der Waals surface area contributed by atoms with E-state index in [2.05, 4.69) is 15.7 Å². The molecule has 0 aliphatic carbocycles. The van der Waals surface area contributed by atoms with Crippen molar-refractivity contribution >= 4 is 34.1 Å². The molecule has 1 fully saturated rings. The van der Waals surface area contributed by atoms with Gasteiger partial charge in [-0.3, -0.25) is 9.59 Å². The molecule has 4 rings (SSSR count). The highest BCUT2D eigenvalue weighted by Crippen LogP contribution is 2.30. The molecule has 3 heterocycles. The second kappa shape index (κ2) is 8.69. The zero-order valence-corrected chi connectivity index (χ0v) is 17.2. The molecule has 2 aromatic heterocycles. The van der Waals surface area contributed by atoms with E-state index in [0.29, 0.717) is 18.8 Å². The number of benzene rings is 1. The topological polar surface area (TPSA) is 75.2 Å². The molecule has 1 aromatic carbocycles. The van der Waals surface area contributed by atoms with Crippen LogP contribution in [0.5, 0.6) is 0 Å². The highest BCUT2D eigenvalue weighted by Gasteiger charge is 2.28. The molecule has 1 atom stereocenters. The van der Waals surface area contributed by atoms with Crippen LogP contribution in [0.15, 0.2) is 41.8 Å². The number of hydrogen-bond acceptors (Lipinski definition) is 5. The number of hydrogen-bond donors (Lipinski definition) is 1. The number of rotatable bonds is 5. The fourth-order valence-electron chi connectivity index (χ4n) is 3.70. The predicted octanol–water partition coefficient (Wildman–Crippen LogP) is 3.39. The summed E-state index contributed by atoms with van der Waals surface area (Å²) in [5.74, 6) is 0.222. The number of nitrogens with zero attached hydrogens (tertiary/aromatic N) is 3. The van der Waals surface area contributed by atoms with E-state index >= 15 is 0 Å². The summed E-state index contributed by atoms with van der Waals surface area (Å²) in [6.45, 7) is 3.54. The molecule has 2 amide bonds. The Hall–Kier alpha value is -2.80. The van der Waals surface area contributed by atoms with Crippen LogP contribution in [0.3, 0.4) is 0 Å². The first kappa shape index (κ1) is 19.5. The standard InChI is InChI=1S/C22H24N4O2S/c1-15(27)23-11-10-18-14-29-21(24-18)17-6-4-12-26(13-17)22(28)20-9-8-16-5-2-3-7-19(16)25-20/h2-3,5,7-9,14,17H,4,6,10-13H2,1H3,(H,23,27)/t17-/m1/s1. The zero-order valence-electron chi connectivity index (χ0n) is 16.4. The molecule has 0 saturated carbocycles. The third kappa shape index (κ3) is 4.62. The first-order chi connectivity index (χ1) is 14.1. The van der Waals surface area contributed by atoms with Gasteiger partial charge in [-0.1, -0.05) is 24.3 Å². The molecule has 0 bridgehead atoms. The van der Waals surface area contributed by atoms with E-state index in [1.165, 1.54) is 6.92 Å². The lowest BCUT2D eigenvalue weighted by Gasteiger charge is -2.31. The highest BCUT2D eigenvalue weighted by atomic mass is 32.1. The van der Waals surface area contributed by atoms with Crippen molar-refractivity contribution in [2.24, 2.45) is 0 Å². The third-order valence-corrected chi connectivity index (χ3v) is 6.26. The number of pyridine rings is 1. The van der Waals surface area contributed by atoms with E-state index in [0.717, 1.165) is 47.4 Å². The smallest absolute Gasteiger partial charge is 0.272 e. The maximum Gasteiger partial charge on any atom is 0.272 e. The van der Waals surface area contributed by atoms with Gasteiger partial charge in [0.05, 0.1) is 16.2 Å². The number of amides is 2. The molecule has 1 N–H and O–H groups in total. The van der Waals surface area contributed by atoms with Gasteiger partial charge in [-0.15, -0.1) is 11.3 Å². The zero-order chi connectivity index (χ0) is 20.2. The molecular weight excluding hydrogens is 384 g/mol. The molecule has 1 aliphatic rings. The fraction of sp³-hybridized carbons (Fsp3) is 0.364. The Bertz CT molecular complexity index is 1030. The van der Waals surface area contributed by atoms with Crippen molar-refractivity contribution in [1.29, 1.82) is 0 Å². The maximum absolute atomic E-state index is 13.0. The molecule has 3 aromatic rings. The van der Waals surface area contributed by atoms with E-state index in [1.54, 1.807) is 11.3 Å². The second-order valence-corrected chi connectivity index (χ2v) is 8.28. The van der Waals surface area contributed by atoms with Crippen LogP contribution in [-0.4, -0.2) is 46.3 Å². The summed E-state index contributed by atoms with van der Waals surface area (Å²) in [6, 6.07) is 11.6. The van der Waals surface area contributed by atoms with Crippen molar-refractivity contribution in [3.05, 3.63) is 58.2 Å².